The van der Waals surface area contributed by atoms with Crippen molar-refractivity contribution in [2.24, 2.45) is 0 Å². The molecule has 0 saturated heterocycles. The molecule has 1 amide bonds. The van der Waals surface area contributed by atoms with Gasteiger partial charge in [-0.15, -0.1) is 0 Å². The van der Waals surface area contributed by atoms with E-state index in [1.54, 1.807) is 24.3 Å². The highest BCUT2D eigenvalue weighted by Crippen LogP contribution is 2.47. The number of amides is 1. The van der Waals surface area contributed by atoms with Gasteiger partial charge in [-0.2, -0.15) is 0 Å². The normalized spacial score (nSPS) is 18.8. The Labute approximate surface area is 188 Å². The number of methoxy groups -OCH3 is 1. The summed E-state index contributed by atoms with van der Waals surface area (Å²) in [5.41, 5.74) is 1.49. The van der Waals surface area contributed by atoms with Gasteiger partial charge in [0.05, 0.1) is 18.1 Å². The van der Waals surface area contributed by atoms with E-state index in [4.69, 9.17) is 27.9 Å². The SMILES string of the molecule is COc1ccc(N2C(=O)CC(c3ccc(Cl)cc3Cl)C3=C2CCCC3=O)c([N+](=O)[O-])c1. The largest absolute Gasteiger partial charge is 0.496 e. The number of Topliss-reactive ketones (excluding diaryl/α,β-unsaturated/α-hetero) is 1. The first kappa shape index (κ1) is 21.3. The van der Waals surface area contributed by atoms with Crippen molar-refractivity contribution in [3.63, 3.8) is 0 Å². The van der Waals surface area contributed by atoms with Crippen molar-refractivity contribution in [1.29, 1.82) is 0 Å². The Bertz CT molecular complexity index is 1140. The third kappa shape index (κ3) is 3.79. The highest BCUT2D eigenvalue weighted by atomic mass is 35.5. The van der Waals surface area contributed by atoms with Gasteiger partial charge >= 0.3 is 0 Å². The van der Waals surface area contributed by atoms with E-state index >= 15 is 0 Å². The molecule has 1 aliphatic heterocycles. The quantitative estimate of drug-likeness (QED) is 0.447. The van der Waals surface area contributed by atoms with E-state index in [-0.39, 0.29) is 29.5 Å². The average Bonchev–Trinajstić information content (AvgIpc) is 2.73. The molecule has 1 heterocycles. The lowest BCUT2D eigenvalue weighted by atomic mass is 9.77. The minimum absolute atomic E-state index is 0.0326. The highest BCUT2D eigenvalue weighted by Gasteiger charge is 2.42. The molecule has 0 aromatic heterocycles. The number of nitro groups is 1. The number of allylic oxidation sites excluding steroid dienone is 2. The second-order valence-corrected chi connectivity index (χ2v) is 8.24. The van der Waals surface area contributed by atoms with Crippen molar-refractivity contribution in [3.05, 3.63) is 73.4 Å². The fourth-order valence-corrected chi connectivity index (χ4v) is 4.83. The maximum absolute atomic E-state index is 13.3. The summed E-state index contributed by atoms with van der Waals surface area (Å²) in [6.07, 6.45) is 1.34. The molecule has 2 aromatic rings. The summed E-state index contributed by atoms with van der Waals surface area (Å²) in [5.74, 6) is -0.628. The molecule has 0 radical (unpaired) electrons. The number of hydrogen-bond acceptors (Lipinski definition) is 5. The number of benzene rings is 2. The van der Waals surface area contributed by atoms with Crippen LogP contribution in [-0.2, 0) is 9.59 Å². The minimum atomic E-state index is -0.557. The Morgan fingerprint density at radius 2 is 1.90 bits per heavy atom. The zero-order valence-corrected chi connectivity index (χ0v) is 18.1. The van der Waals surface area contributed by atoms with Crippen LogP contribution in [0.5, 0.6) is 5.75 Å². The molecule has 0 spiro atoms. The van der Waals surface area contributed by atoms with E-state index in [2.05, 4.69) is 0 Å². The summed E-state index contributed by atoms with van der Waals surface area (Å²) in [6.45, 7) is 0. The number of carbonyl (C=O) groups is 2. The maximum atomic E-state index is 13.3. The van der Waals surface area contributed by atoms with Gasteiger partial charge in [-0.05, 0) is 42.7 Å². The van der Waals surface area contributed by atoms with Crippen molar-refractivity contribution in [2.45, 2.75) is 31.6 Å². The van der Waals surface area contributed by atoms with Crippen molar-refractivity contribution in [3.8, 4) is 5.75 Å². The highest BCUT2D eigenvalue weighted by molar-refractivity contribution is 6.35. The standard InChI is InChI=1S/C22H18Cl2N2O5/c1-31-13-6-8-17(19(10-13)26(29)30)25-18-3-2-4-20(27)22(18)15(11-21(25)28)14-7-5-12(23)9-16(14)24/h5-10,15H,2-4,11H2,1H3. The zero-order valence-electron chi connectivity index (χ0n) is 16.6. The summed E-state index contributed by atoms with van der Waals surface area (Å²) in [7, 11) is 1.41. The number of ketones is 1. The van der Waals surface area contributed by atoms with E-state index in [9.17, 15) is 19.7 Å². The second-order valence-electron chi connectivity index (χ2n) is 7.40. The number of nitro benzene ring substituents is 1. The van der Waals surface area contributed by atoms with Crippen LogP contribution in [0, 0.1) is 10.1 Å². The topological polar surface area (TPSA) is 89.8 Å². The molecule has 0 fully saturated rings. The first-order valence-corrected chi connectivity index (χ1v) is 10.4. The van der Waals surface area contributed by atoms with Gasteiger partial charge in [-0.25, -0.2) is 0 Å². The maximum Gasteiger partial charge on any atom is 0.297 e. The molecule has 1 aliphatic carbocycles. The molecular weight excluding hydrogens is 443 g/mol. The molecule has 31 heavy (non-hydrogen) atoms. The monoisotopic (exact) mass is 460 g/mol. The Balaban J connectivity index is 1.91. The number of rotatable bonds is 4. The molecule has 0 bridgehead atoms. The van der Waals surface area contributed by atoms with E-state index in [0.717, 1.165) is 0 Å². The average molecular weight is 461 g/mol. The predicted octanol–water partition coefficient (Wildman–Crippen LogP) is 5.44. The molecule has 0 saturated carbocycles. The van der Waals surface area contributed by atoms with Crippen LogP contribution in [0.25, 0.3) is 0 Å². The van der Waals surface area contributed by atoms with Crippen molar-refractivity contribution in [2.75, 3.05) is 12.0 Å². The predicted molar refractivity (Wildman–Crippen MR) is 117 cm³/mol. The van der Waals surface area contributed by atoms with Crippen LogP contribution < -0.4 is 9.64 Å². The third-order valence-corrected chi connectivity index (χ3v) is 6.20. The summed E-state index contributed by atoms with van der Waals surface area (Å²) >= 11 is 12.4. The Kier molecular flexibility index (Phi) is 5.73. The molecule has 1 atom stereocenters. The van der Waals surface area contributed by atoms with Crippen molar-refractivity contribution < 1.29 is 19.2 Å². The molecule has 4 rings (SSSR count). The molecule has 2 aromatic carbocycles. The van der Waals surface area contributed by atoms with Crippen LogP contribution in [0.3, 0.4) is 0 Å². The second kappa shape index (κ2) is 8.32. The Hall–Kier alpha value is -2.90. The summed E-state index contributed by atoms with van der Waals surface area (Å²) in [5, 5.41) is 12.6. The fraction of sp³-hybridized carbons (Fsp3) is 0.273. The lowest BCUT2D eigenvalue weighted by molar-refractivity contribution is -0.384. The summed E-state index contributed by atoms with van der Waals surface area (Å²) < 4.78 is 5.10. The van der Waals surface area contributed by atoms with E-state index in [0.29, 0.717) is 51.9 Å². The van der Waals surface area contributed by atoms with Gasteiger partial charge in [0, 0.05) is 40.1 Å². The molecule has 2 aliphatic rings. The van der Waals surface area contributed by atoms with Crippen LogP contribution in [-0.4, -0.2) is 23.7 Å². The van der Waals surface area contributed by atoms with Crippen LogP contribution in [0.15, 0.2) is 47.7 Å². The molecule has 1 unspecified atom stereocenters. The van der Waals surface area contributed by atoms with Crippen LogP contribution in [0.2, 0.25) is 10.0 Å². The van der Waals surface area contributed by atoms with Gasteiger partial charge in [0.1, 0.15) is 11.4 Å². The molecule has 0 N–H and O–H groups in total. The van der Waals surface area contributed by atoms with Crippen LogP contribution in [0.4, 0.5) is 11.4 Å². The van der Waals surface area contributed by atoms with Gasteiger partial charge in [0.15, 0.2) is 5.78 Å². The van der Waals surface area contributed by atoms with Gasteiger partial charge < -0.3 is 4.74 Å². The lowest BCUT2D eigenvalue weighted by Gasteiger charge is -2.38. The van der Waals surface area contributed by atoms with Crippen LogP contribution >= 0.6 is 23.2 Å². The van der Waals surface area contributed by atoms with Gasteiger partial charge in [0.2, 0.25) is 5.91 Å². The number of ether oxygens (including phenoxy) is 1. The van der Waals surface area contributed by atoms with Crippen molar-refractivity contribution >= 4 is 46.3 Å². The van der Waals surface area contributed by atoms with E-state index in [1.807, 2.05) is 0 Å². The summed E-state index contributed by atoms with van der Waals surface area (Å²) in [6, 6.07) is 9.28. The van der Waals surface area contributed by atoms with Crippen molar-refractivity contribution in [1.82, 2.24) is 0 Å². The van der Waals surface area contributed by atoms with Gasteiger partial charge in [0.25, 0.3) is 5.69 Å². The first-order chi connectivity index (χ1) is 14.8. The fourth-order valence-electron chi connectivity index (χ4n) is 4.29. The third-order valence-electron chi connectivity index (χ3n) is 5.63. The summed E-state index contributed by atoms with van der Waals surface area (Å²) in [4.78, 5) is 38.8. The Morgan fingerprint density at radius 1 is 1.13 bits per heavy atom. The molecule has 7 nitrogen and oxygen atoms in total. The zero-order chi connectivity index (χ0) is 22.3. The van der Waals surface area contributed by atoms with Gasteiger partial charge in [-0.3, -0.25) is 24.6 Å². The number of anilines is 1. The first-order valence-electron chi connectivity index (χ1n) is 9.68. The number of carbonyl (C=O) groups excluding carboxylic acids is 2. The lowest BCUT2D eigenvalue weighted by Crippen LogP contribution is -2.40. The Morgan fingerprint density at radius 3 is 2.58 bits per heavy atom. The van der Waals surface area contributed by atoms with Crippen LogP contribution in [0.1, 0.15) is 37.2 Å². The smallest absolute Gasteiger partial charge is 0.297 e. The molecule has 160 valence electrons. The van der Waals surface area contributed by atoms with E-state index < -0.39 is 10.8 Å². The van der Waals surface area contributed by atoms with E-state index in [1.165, 1.54) is 24.1 Å². The minimum Gasteiger partial charge on any atom is -0.496 e. The molecule has 9 heteroatoms. The number of hydrogen-bond donors (Lipinski definition) is 0. The molecular formula is C22H18Cl2N2O5. The number of halogens is 2. The number of nitrogens with zero attached hydrogens (tertiary/aromatic N) is 2. The van der Waals surface area contributed by atoms with Gasteiger partial charge in [-0.1, -0.05) is 29.3 Å².